The van der Waals surface area contributed by atoms with Gasteiger partial charge in [-0.2, -0.15) is 0 Å². The average Bonchev–Trinajstić information content (AvgIpc) is 3.04. The molecular weight excluding hydrogens is 318 g/mol. The second kappa shape index (κ2) is 7.49. The van der Waals surface area contributed by atoms with Crippen LogP contribution in [-0.2, 0) is 23.1 Å². The quantitative estimate of drug-likeness (QED) is 0.824. The van der Waals surface area contributed by atoms with Gasteiger partial charge in [0.05, 0.1) is 25.2 Å². The van der Waals surface area contributed by atoms with Gasteiger partial charge in [0, 0.05) is 57.4 Å². The van der Waals surface area contributed by atoms with Crippen LogP contribution in [0.2, 0.25) is 0 Å². The number of nitrogens with zero attached hydrogens (tertiary/aromatic N) is 5. The third-order valence-electron chi connectivity index (χ3n) is 5.08. The Morgan fingerprint density at radius 1 is 1.16 bits per heavy atom. The Labute approximate surface area is 148 Å². The summed E-state index contributed by atoms with van der Waals surface area (Å²) in [6.07, 6.45) is 7.67. The van der Waals surface area contributed by atoms with Crippen molar-refractivity contribution in [1.82, 2.24) is 19.5 Å². The topological polar surface area (TPSA) is 65.3 Å². The largest absolute Gasteiger partial charge is 0.381 e. The lowest BCUT2D eigenvalue weighted by atomic mass is 9.98. The van der Waals surface area contributed by atoms with Crippen molar-refractivity contribution >= 4 is 5.95 Å². The smallest absolute Gasteiger partial charge is 0.225 e. The Bertz CT molecular complexity index is 684. The number of hydrogen-bond donors (Lipinski definition) is 0. The van der Waals surface area contributed by atoms with Gasteiger partial charge in [-0.15, -0.1) is 0 Å². The maximum Gasteiger partial charge on any atom is 0.225 e. The molecule has 7 heteroatoms. The van der Waals surface area contributed by atoms with E-state index in [1.54, 1.807) is 12.4 Å². The normalized spacial score (nSPS) is 21.3. The van der Waals surface area contributed by atoms with E-state index in [1.807, 2.05) is 12.4 Å². The molecule has 0 unspecified atom stereocenters. The molecule has 4 rings (SSSR count). The van der Waals surface area contributed by atoms with Gasteiger partial charge < -0.3 is 18.9 Å². The molecule has 0 aromatic carbocycles. The van der Waals surface area contributed by atoms with Crippen LogP contribution in [0.15, 0.2) is 24.8 Å². The molecule has 7 nitrogen and oxygen atoms in total. The van der Waals surface area contributed by atoms with Crippen molar-refractivity contribution in [3.05, 3.63) is 36.2 Å². The molecule has 0 spiro atoms. The van der Waals surface area contributed by atoms with Crippen LogP contribution in [0.25, 0.3) is 0 Å². The summed E-state index contributed by atoms with van der Waals surface area (Å²) in [6, 6.07) is 1.84. The van der Waals surface area contributed by atoms with Crippen molar-refractivity contribution in [2.24, 2.45) is 13.0 Å². The van der Waals surface area contributed by atoms with E-state index < -0.39 is 0 Å². The molecule has 0 saturated carbocycles. The van der Waals surface area contributed by atoms with Crippen LogP contribution in [0, 0.1) is 5.92 Å². The van der Waals surface area contributed by atoms with Crippen molar-refractivity contribution in [3.8, 4) is 0 Å². The monoisotopic (exact) mass is 343 g/mol. The highest BCUT2D eigenvalue weighted by molar-refractivity contribution is 5.37. The summed E-state index contributed by atoms with van der Waals surface area (Å²) in [4.78, 5) is 15.6. The summed E-state index contributed by atoms with van der Waals surface area (Å²) < 4.78 is 13.7. The van der Waals surface area contributed by atoms with E-state index in [4.69, 9.17) is 9.47 Å². The van der Waals surface area contributed by atoms with Gasteiger partial charge >= 0.3 is 0 Å². The average molecular weight is 343 g/mol. The van der Waals surface area contributed by atoms with Crippen molar-refractivity contribution < 1.29 is 9.47 Å². The molecule has 0 aliphatic carbocycles. The van der Waals surface area contributed by atoms with Crippen LogP contribution >= 0.6 is 0 Å². The number of hydrogen-bond acceptors (Lipinski definition) is 6. The summed E-state index contributed by atoms with van der Waals surface area (Å²) in [6.45, 7) is 4.84. The number of ether oxygens (including phenoxy) is 2. The van der Waals surface area contributed by atoms with E-state index in [1.165, 1.54) is 5.69 Å². The van der Waals surface area contributed by atoms with Gasteiger partial charge in [-0.3, -0.25) is 0 Å². The molecule has 2 aliphatic rings. The molecule has 1 saturated heterocycles. The van der Waals surface area contributed by atoms with E-state index in [0.29, 0.717) is 12.5 Å². The predicted octanol–water partition coefficient (Wildman–Crippen LogP) is 1.76. The molecule has 4 heterocycles. The third-order valence-corrected chi connectivity index (χ3v) is 5.08. The molecule has 0 bridgehead atoms. The lowest BCUT2D eigenvalue weighted by Gasteiger charge is -2.33. The predicted molar refractivity (Wildman–Crippen MR) is 93.4 cm³/mol. The fourth-order valence-corrected chi connectivity index (χ4v) is 3.76. The van der Waals surface area contributed by atoms with Gasteiger partial charge in [0.1, 0.15) is 0 Å². The molecule has 2 aromatic rings. The lowest BCUT2D eigenvalue weighted by molar-refractivity contribution is 0.0168. The van der Waals surface area contributed by atoms with Crippen molar-refractivity contribution in [1.29, 1.82) is 0 Å². The number of aromatic nitrogens is 4. The minimum Gasteiger partial charge on any atom is -0.381 e. The first-order chi connectivity index (χ1) is 12.3. The van der Waals surface area contributed by atoms with Crippen LogP contribution in [0.3, 0.4) is 0 Å². The molecule has 0 radical (unpaired) electrons. The molecule has 134 valence electrons. The standard InChI is InChI=1S/C18H25N5O2/c1-22-13-21-16-10-23(18-19-5-2-6-20-18)9-15(17(16)22)12-25-11-14-3-7-24-8-4-14/h2,5-6,13-15H,3-4,7-12H2,1H3/t15-/m1/s1. The van der Waals surface area contributed by atoms with E-state index in [0.717, 1.165) is 57.4 Å². The third kappa shape index (κ3) is 3.67. The summed E-state index contributed by atoms with van der Waals surface area (Å²) in [5.74, 6) is 1.66. The first kappa shape index (κ1) is 16.5. The van der Waals surface area contributed by atoms with E-state index >= 15 is 0 Å². The Kier molecular flexibility index (Phi) is 4.94. The number of aryl methyl sites for hydroxylation is 1. The minimum absolute atomic E-state index is 0.278. The van der Waals surface area contributed by atoms with Gasteiger partial charge in [0.15, 0.2) is 0 Å². The van der Waals surface area contributed by atoms with Gasteiger partial charge in [0.2, 0.25) is 5.95 Å². The summed E-state index contributed by atoms with van der Waals surface area (Å²) in [5, 5.41) is 0. The molecule has 0 amide bonds. The highest BCUT2D eigenvalue weighted by Gasteiger charge is 2.30. The maximum absolute atomic E-state index is 6.11. The molecule has 1 fully saturated rings. The number of rotatable bonds is 5. The van der Waals surface area contributed by atoms with E-state index in [9.17, 15) is 0 Å². The van der Waals surface area contributed by atoms with Gasteiger partial charge in [0.25, 0.3) is 0 Å². The van der Waals surface area contributed by atoms with Gasteiger partial charge in [-0.1, -0.05) is 0 Å². The summed E-state index contributed by atoms with van der Waals surface area (Å²) >= 11 is 0. The highest BCUT2D eigenvalue weighted by atomic mass is 16.5. The zero-order chi connectivity index (χ0) is 17.1. The lowest BCUT2D eigenvalue weighted by Crippen LogP contribution is -2.37. The molecule has 1 atom stereocenters. The van der Waals surface area contributed by atoms with Crippen LogP contribution < -0.4 is 4.90 Å². The molecule has 2 aliphatic heterocycles. The van der Waals surface area contributed by atoms with Crippen molar-refractivity contribution in [2.45, 2.75) is 25.3 Å². The van der Waals surface area contributed by atoms with Crippen LogP contribution in [0.5, 0.6) is 0 Å². The fraction of sp³-hybridized carbons (Fsp3) is 0.611. The zero-order valence-corrected chi connectivity index (χ0v) is 14.7. The SMILES string of the molecule is Cn1cnc2c1[C@@H](COCC1CCOCC1)CN(c1ncccn1)C2. The van der Waals surface area contributed by atoms with Crippen molar-refractivity contribution in [2.75, 3.05) is 37.9 Å². The van der Waals surface area contributed by atoms with Gasteiger partial charge in [-0.05, 0) is 24.8 Å². The number of fused-ring (bicyclic) bond motifs is 1. The number of imidazole rings is 1. The summed E-state index contributed by atoms with van der Waals surface area (Å²) in [5.41, 5.74) is 2.38. The van der Waals surface area contributed by atoms with Crippen LogP contribution in [0.1, 0.15) is 30.1 Å². The first-order valence-electron chi connectivity index (χ1n) is 8.99. The molecule has 2 aromatic heterocycles. The Morgan fingerprint density at radius 2 is 1.96 bits per heavy atom. The fourth-order valence-electron chi connectivity index (χ4n) is 3.76. The molecule has 25 heavy (non-hydrogen) atoms. The van der Waals surface area contributed by atoms with Crippen molar-refractivity contribution in [3.63, 3.8) is 0 Å². The number of anilines is 1. The highest BCUT2D eigenvalue weighted by Crippen LogP contribution is 2.29. The van der Waals surface area contributed by atoms with Crippen LogP contribution in [0.4, 0.5) is 5.95 Å². The summed E-state index contributed by atoms with van der Waals surface area (Å²) in [7, 11) is 2.06. The molecular formula is C18H25N5O2. The second-order valence-electron chi connectivity index (χ2n) is 6.91. The Hall–Kier alpha value is -1.99. The maximum atomic E-state index is 6.11. The zero-order valence-electron chi connectivity index (χ0n) is 14.7. The van der Waals surface area contributed by atoms with Gasteiger partial charge in [-0.25, -0.2) is 15.0 Å². The minimum atomic E-state index is 0.278. The van der Waals surface area contributed by atoms with E-state index in [2.05, 4.69) is 31.5 Å². The Balaban J connectivity index is 1.44. The first-order valence-corrected chi connectivity index (χ1v) is 8.99. The second-order valence-corrected chi connectivity index (χ2v) is 6.91. The Morgan fingerprint density at radius 3 is 2.76 bits per heavy atom. The van der Waals surface area contributed by atoms with E-state index in [-0.39, 0.29) is 5.92 Å². The van der Waals surface area contributed by atoms with Crippen LogP contribution in [-0.4, -0.2) is 52.5 Å². The molecule has 0 N–H and O–H groups in total.